The molecule has 1 unspecified atom stereocenters. The average Bonchev–Trinajstić information content (AvgIpc) is 3.05. The molecule has 28 heavy (non-hydrogen) atoms. The molecule has 4 rings (SSSR count). The van der Waals surface area contributed by atoms with Gasteiger partial charge < -0.3 is 15.4 Å². The summed E-state index contributed by atoms with van der Waals surface area (Å²) in [6.45, 7) is 6.20. The van der Waals surface area contributed by atoms with E-state index in [0.717, 1.165) is 50.3 Å². The number of nitrogens with zero attached hydrogens (tertiary/aromatic N) is 3. The Bertz CT molecular complexity index is 749. The first-order valence-corrected chi connectivity index (χ1v) is 10.6. The van der Waals surface area contributed by atoms with Crippen LogP contribution in [-0.2, 0) is 16.1 Å². The van der Waals surface area contributed by atoms with Crippen molar-refractivity contribution in [3.63, 3.8) is 0 Å². The predicted octanol–water partition coefficient (Wildman–Crippen LogP) is 2.14. The van der Waals surface area contributed by atoms with Crippen molar-refractivity contribution >= 4 is 17.9 Å². The van der Waals surface area contributed by atoms with Gasteiger partial charge in [-0.05, 0) is 55.8 Å². The smallest absolute Gasteiger partial charge is 0.219 e. The maximum atomic E-state index is 11.6. The Balaban J connectivity index is 1.42. The average molecular weight is 385 g/mol. The van der Waals surface area contributed by atoms with Gasteiger partial charge in [-0.2, -0.15) is 0 Å². The molecule has 2 aliphatic heterocycles. The third kappa shape index (κ3) is 3.44. The highest BCUT2D eigenvalue weighted by Crippen LogP contribution is 2.43. The lowest BCUT2D eigenvalue weighted by Gasteiger charge is -2.42. The van der Waals surface area contributed by atoms with Crippen molar-refractivity contribution in [2.24, 2.45) is 0 Å². The molecule has 1 amide bonds. The molecular weight excluding hydrogens is 352 g/mol. The predicted molar refractivity (Wildman–Crippen MR) is 110 cm³/mol. The first kappa shape index (κ1) is 19.4. The number of likely N-dealkylation sites (N-methyl/N-ethyl adjacent to an activating group) is 1. The number of piperazine rings is 1. The highest BCUT2D eigenvalue weighted by atomic mass is 16.2. The zero-order valence-electron chi connectivity index (χ0n) is 17.1. The molecule has 1 aliphatic carbocycles. The molecule has 0 spiro atoms. The quantitative estimate of drug-likeness (QED) is 0.639. The number of hydrogen-bond acceptors (Lipinski definition) is 5. The van der Waals surface area contributed by atoms with Gasteiger partial charge in [0.2, 0.25) is 5.91 Å². The van der Waals surface area contributed by atoms with E-state index in [9.17, 15) is 9.59 Å². The molecule has 0 bridgehead atoms. The fourth-order valence-electron chi connectivity index (χ4n) is 5.50. The molecular formula is C22H32N4O2. The van der Waals surface area contributed by atoms with E-state index in [-0.39, 0.29) is 11.9 Å². The van der Waals surface area contributed by atoms with Crippen LogP contribution in [0.2, 0.25) is 0 Å². The minimum Gasteiger partial charge on any atom is -0.398 e. The number of hydrogen-bond donors (Lipinski definition) is 1. The Hall–Kier alpha value is -1.92. The minimum absolute atomic E-state index is 0.194. The van der Waals surface area contributed by atoms with Gasteiger partial charge in [0.1, 0.15) is 6.29 Å². The van der Waals surface area contributed by atoms with Crippen molar-refractivity contribution in [1.29, 1.82) is 0 Å². The van der Waals surface area contributed by atoms with E-state index in [1.807, 2.05) is 18.0 Å². The normalized spacial score (nSPS) is 28.9. The number of benzene rings is 1. The maximum Gasteiger partial charge on any atom is 0.219 e. The molecule has 152 valence electrons. The Morgan fingerprint density at radius 2 is 1.79 bits per heavy atom. The van der Waals surface area contributed by atoms with Crippen LogP contribution in [0.3, 0.4) is 0 Å². The zero-order valence-corrected chi connectivity index (χ0v) is 17.1. The van der Waals surface area contributed by atoms with E-state index < -0.39 is 0 Å². The van der Waals surface area contributed by atoms with Crippen LogP contribution in [0.15, 0.2) is 12.1 Å². The summed E-state index contributed by atoms with van der Waals surface area (Å²) in [5.41, 5.74) is 10.7. The summed E-state index contributed by atoms with van der Waals surface area (Å²) in [6, 6.07) is 4.63. The van der Waals surface area contributed by atoms with Gasteiger partial charge >= 0.3 is 0 Å². The third-order valence-corrected chi connectivity index (χ3v) is 7.15. The molecule has 6 heteroatoms. The van der Waals surface area contributed by atoms with Gasteiger partial charge in [0.05, 0.1) is 6.04 Å². The fourth-order valence-corrected chi connectivity index (χ4v) is 5.50. The Labute approximate surface area is 167 Å². The molecule has 2 fully saturated rings. The van der Waals surface area contributed by atoms with E-state index in [0.29, 0.717) is 12.0 Å². The second-order valence-electron chi connectivity index (χ2n) is 8.68. The van der Waals surface area contributed by atoms with E-state index in [2.05, 4.69) is 15.9 Å². The van der Waals surface area contributed by atoms with Crippen molar-refractivity contribution in [1.82, 2.24) is 14.7 Å². The van der Waals surface area contributed by atoms with Crippen LogP contribution in [0.1, 0.15) is 61.3 Å². The van der Waals surface area contributed by atoms with Gasteiger partial charge in [0.15, 0.2) is 0 Å². The molecule has 1 saturated carbocycles. The van der Waals surface area contributed by atoms with Crippen LogP contribution in [0, 0.1) is 0 Å². The van der Waals surface area contributed by atoms with Crippen LogP contribution in [0.4, 0.5) is 5.69 Å². The summed E-state index contributed by atoms with van der Waals surface area (Å²) in [5, 5.41) is 0. The van der Waals surface area contributed by atoms with Gasteiger partial charge in [-0.15, -0.1) is 0 Å². The molecule has 3 aliphatic rings. The largest absolute Gasteiger partial charge is 0.398 e. The fraction of sp³-hybridized carbons (Fsp3) is 0.636. The number of nitrogens with two attached hydrogens (primary N) is 1. The topological polar surface area (TPSA) is 69.9 Å². The standard InChI is InChI=1S/C22H32N4O2/c1-15(28)25-9-11-26(12-10-25)17-5-3-16(4-6-17)18-7-8-20(23)22-19(18)13-24(2)21(22)14-27/h7-8,14,16-17,21H,3-6,9-13,23H2,1-2H3. The lowest BCUT2D eigenvalue weighted by Crippen LogP contribution is -2.52. The molecule has 6 nitrogen and oxygen atoms in total. The molecule has 2 heterocycles. The number of nitrogen functional groups attached to an aromatic ring is 1. The summed E-state index contributed by atoms with van der Waals surface area (Å²) in [7, 11) is 2.00. The monoisotopic (exact) mass is 384 g/mol. The Morgan fingerprint density at radius 3 is 2.39 bits per heavy atom. The first-order valence-electron chi connectivity index (χ1n) is 10.6. The summed E-state index contributed by atoms with van der Waals surface area (Å²) in [5.74, 6) is 0.752. The summed E-state index contributed by atoms with van der Waals surface area (Å²) in [4.78, 5) is 29.8. The van der Waals surface area contributed by atoms with Crippen LogP contribution >= 0.6 is 0 Å². The molecule has 1 aromatic carbocycles. The first-order chi connectivity index (χ1) is 13.5. The van der Waals surface area contributed by atoms with Crippen molar-refractivity contribution in [3.8, 4) is 0 Å². The zero-order chi connectivity index (χ0) is 19.8. The Morgan fingerprint density at radius 1 is 1.11 bits per heavy atom. The summed E-state index contributed by atoms with van der Waals surface area (Å²) in [6.07, 6.45) is 5.80. The van der Waals surface area contributed by atoms with Gasteiger partial charge in [-0.25, -0.2) is 0 Å². The molecule has 1 aromatic rings. The maximum absolute atomic E-state index is 11.6. The van der Waals surface area contributed by atoms with Crippen LogP contribution in [-0.4, -0.2) is 66.2 Å². The second kappa shape index (κ2) is 7.84. The third-order valence-electron chi connectivity index (χ3n) is 7.15. The van der Waals surface area contributed by atoms with E-state index in [1.165, 1.54) is 36.8 Å². The number of carbonyl (C=O) groups is 2. The highest BCUT2D eigenvalue weighted by Gasteiger charge is 2.35. The van der Waals surface area contributed by atoms with Gasteiger partial charge in [-0.1, -0.05) is 6.07 Å². The minimum atomic E-state index is -0.205. The molecule has 2 N–H and O–H groups in total. The molecule has 1 atom stereocenters. The van der Waals surface area contributed by atoms with Crippen molar-refractivity contribution in [2.45, 2.75) is 57.2 Å². The molecule has 0 radical (unpaired) electrons. The van der Waals surface area contributed by atoms with Gasteiger partial charge in [0.25, 0.3) is 0 Å². The van der Waals surface area contributed by atoms with Crippen molar-refractivity contribution < 1.29 is 9.59 Å². The number of rotatable bonds is 3. The second-order valence-corrected chi connectivity index (χ2v) is 8.68. The van der Waals surface area contributed by atoms with Crippen molar-refractivity contribution in [3.05, 3.63) is 28.8 Å². The number of fused-ring (bicyclic) bond motifs is 1. The van der Waals surface area contributed by atoms with Crippen LogP contribution in [0.5, 0.6) is 0 Å². The van der Waals surface area contributed by atoms with E-state index in [1.54, 1.807) is 6.92 Å². The summed E-state index contributed by atoms with van der Waals surface area (Å²) >= 11 is 0. The van der Waals surface area contributed by atoms with Gasteiger partial charge in [0, 0.05) is 56.9 Å². The molecule has 1 saturated heterocycles. The number of anilines is 1. The Kier molecular flexibility index (Phi) is 5.43. The lowest BCUT2D eigenvalue weighted by molar-refractivity contribution is -0.131. The lowest BCUT2D eigenvalue weighted by atomic mass is 9.78. The van der Waals surface area contributed by atoms with Crippen molar-refractivity contribution in [2.75, 3.05) is 39.0 Å². The van der Waals surface area contributed by atoms with E-state index >= 15 is 0 Å². The highest BCUT2D eigenvalue weighted by molar-refractivity contribution is 5.73. The number of amides is 1. The molecule has 0 aromatic heterocycles. The number of carbonyl (C=O) groups excluding carboxylic acids is 2. The number of aldehydes is 1. The van der Waals surface area contributed by atoms with Crippen LogP contribution < -0.4 is 5.73 Å². The SMILES string of the molecule is CC(=O)N1CCN(C2CCC(c3ccc(N)c4c3CN(C)C4C=O)CC2)CC1. The van der Waals surface area contributed by atoms with Crippen LogP contribution in [0.25, 0.3) is 0 Å². The van der Waals surface area contributed by atoms with Gasteiger partial charge in [-0.3, -0.25) is 14.6 Å². The van der Waals surface area contributed by atoms with E-state index in [4.69, 9.17) is 5.73 Å². The summed E-state index contributed by atoms with van der Waals surface area (Å²) < 4.78 is 0.